The van der Waals surface area contributed by atoms with Gasteiger partial charge < -0.3 is 10.2 Å². The molecular formula is C8H14O2S2Sn. The summed E-state index contributed by atoms with van der Waals surface area (Å²) in [5.41, 5.74) is 0. The molecule has 0 heterocycles. The zero-order valence-corrected chi connectivity index (χ0v) is 12.4. The van der Waals surface area contributed by atoms with Crippen LogP contribution in [0.2, 0.25) is 8.87 Å². The molecule has 0 aromatic carbocycles. The molecule has 0 unspecified atom stereocenters. The predicted molar refractivity (Wildman–Crippen MR) is 61.1 cm³/mol. The Hall–Kier alpha value is 0.579. The van der Waals surface area contributed by atoms with Crippen LogP contribution in [-0.2, 0) is 0 Å². The summed E-state index contributed by atoms with van der Waals surface area (Å²) in [5.74, 6) is 0. The van der Waals surface area contributed by atoms with E-state index in [9.17, 15) is 10.2 Å². The van der Waals surface area contributed by atoms with E-state index in [0.29, 0.717) is 0 Å². The van der Waals surface area contributed by atoms with E-state index >= 15 is 0 Å². The zero-order chi connectivity index (χ0) is 10.7. The van der Waals surface area contributed by atoms with Crippen molar-refractivity contribution in [3.05, 3.63) is 0 Å². The molecule has 0 amide bonds. The maximum atomic E-state index is 9.96. The number of hydrogen-bond acceptors (Lipinski definition) is 4. The third-order valence-electron chi connectivity index (χ3n) is 1.03. The van der Waals surface area contributed by atoms with Gasteiger partial charge in [0.05, 0.1) is 0 Å². The van der Waals surface area contributed by atoms with Crippen LogP contribution >= 0.6 is 24.4 Å². The van der Waals surface area contributed by atoms with Gasteiger partial charge in [-0.15, -0.1) is 24.4 Å². The van der Waals surface area contributed by atoms with Crippen LogP contribution in [0.15, 0.2) is 0 Å². The van der Waals surface area contributed by atoms with Crippen molar-refractivity contribution in [3.8, 4) is 0 Å². The van der Waals surface area contributed by atoms with Crippen LogP contribution in [0.1, 0.15) is 26.7 Å². The summed E-state index contributed by atoms with van der Waals surface area (Å²) in [6.07, 6.45) is 0.218. The van der Waals surface area contributed by atoms with Gasteiger partial charge >= 0.3 is 43.9 Å². The summed E-state index contributed by atoms with van der Waals surface area (Å²) in [6, 6.07) is 0. The van der Waals surface area contributed by atoms with E-state index in [1.807, 2.05) is 0 Å². The molecule has 0 atom stereocenters. The fourth-order valence-electron chi connectivity index (χ4n) is 0.454. The van der Waals surface area contributed by atoms with Gasteiger partial charge in [-0.1, -0.05) is 10.1 Å². The third-order valence-corrected chi connectivity index (χ3v) is 4.30. The molecule has 0 aromatic rings. The van der Waals surface area contributed by atoms with Crippen molar-refractivity contribution in [2.75, 3.05) is 0 Å². The Morgan fingerprint density at radius 2 is 1.31 bits per heavy atom. The fourth-order valence-corrected chi connectivity index (χ4v) is 2.09. The van der Waals surface area contributed by atoms with Crippen LogP contribution in [0.3, 0.4) is 0 Å². The molecule has 2 nitrogen and oxygen atoms in total. The molecule has 0 rings (SSSR count). The van der Waals surface area contributed by atoms with Gasteiger partial charge in [0.25, 0.3) is 0 Å². The maximum Gasteiger partial charge on any atom is -0.0283 e. The number of hydrogen-bond donors (Lipinski definition) is 0. The van der Waals surface area contributed by atoms with E-state index < -0.39 is 10.1 Å². The molecule has 0 fully saturated rings. The minimum atomic E-state index is -0.400. The number of rotatable bonds is 5. The monoisotopic (exact) mass is 326 g/mol. The van der Waals surface area contributed by atoms with Gasteiger partial charge in [-0.05, 0) is 12.8 Å². The molecule has 0 aromatic heterocycles. The van der Waals surface area contributed by atoms with E-state index in [1.54, 1.807) is 0 Å². The summed E-state index contributed by atoms with van der Waals surface area (Å²) in [5, 5.41) is 19.1. The van der Waals surface area contributed by atoms with Gasteiger partial charge in [-0.25, -0.2) is 0 Å². The second-order valence-electron chi connectivity index (χ2n) is 2.20. The Morgan fingerprint density at radius 3 is 1.38 bits per heavy atom. The first kappa shape index (κ1) is 16.0. The minimum absolute atomic E-state index is 0.109. The Kier molecular flexibility index (Phi) is 15.5. The standard InChI is InChI=1S/C4H6O2S2.2C2H5.Sn/c5-3(7)1-2-4(6)8;2*1-2;/h1-2H2,(H,5,7)(H,6,8);2*1H2,2H3;/q;;;+2/p-2. The molecule has 0 saturated heterocycles. The van der Waals surface area contributed by atoms with Crippen LogP contribution in [0.4, 0.5) is 0 Å². The normalized spacial score (nSPS) is 7.85. The van der Waals surface area contributed by atoms with E-state index in [2.05, 4.69) is 38.3 Å². The second kappa shape index (κ2) is 12.6. The maximum absolute atomic E-state index is 9.96. The van der Waals surface area contributed by atoms with Crippen molar-refractivity contribution in [3.63, 3.8) is 0 Å². The largest absolute Gasteiger partial charge is 0.867 e. The molecule has 74 valence electrons. The number of thiocarbonyl (C=S) groups is 2. The van der Waals surface area contributed by atoms with E-state index in [1.165, 1.54) is 8.87 Å². The van der Waals surface area contributed by atoms with Crippen LogP contribution in [0.25, 0.3) is 0 Å². The molecule has 0 N–H and O–H groups in total. The van der Waals surface area contributed by atoms with Crippen molar-refractivity contribution in [1.82, 2.24) is 0 Å². The summed E-state index contributed by atoms with van der Waals surface area (Å²) in [7, 11) is 0. The van der Waals surface area contributed by atoms with Gasteiger partial charge in [-0.3, -0.25) is 0 Å². The van der Waals surface area contributed by atoms with Gasteiger partial charge in [0.1, 0.15) is 0 Å². The van der Waals surface area contributed by atoms with Crippen LogP contribution < -0.4 is 10.2 Å². The topological polar surface area (TPSA) is 46.1 Å². The Bertz CT molecular complexity index is 135. The van der Waals surface area contributed by atoms with Gasteiger partial charge in [-0.2, -0.15) is 0 Å². The zero-order valence-electron chi connectivity index (χ0n) is 7.96. The SMILES string of the molecule is C[CH2][Sn+2][CH2]C.[O-]C(=S)CCC([O-])=S. The van der Waals surface area contributed by atoms with Crippen molar-refractivity contribution < 1.29 is 10.2 Å². The average molecular weight is 325 g/mol. The summed E-state index contributed by atoms with van der Waals surface area (Å²) < 4.78 is 3.03. The molecule has 0 spiro atoms. The third kappa shape index (κ3) is 24.5. The second-order valence-corrected chi connectivity index (χ2v) is 8.58. The van der Waals surface area contributed by atoms with Gasteiger partial charge in [0.15, 0.2) is 0 Å². The molecule has 0 aliphatic heterocycles. The molecule has 0 radical (unpaired) electrons. The van der Waals surface area contributed by atoms with E-state index in [4.69, 9.17) is 0 Å². The minimum Gasteiger partial charge on any atom is -0.867 e. The van der Waals surface area contributed by atoms with E-state index in [-0.39, 0.29) is 34.0 Å². The summed E-state index contributed by atoms with van der Waals surface area (Å²) in [6.45, 7) is 4.57. The summed E-state index contributed by atoms with van der Waals surface area (Å²) in [4.78, 5) is 0. The van der Waals surface area contributed by atoms with Gasteiger partial charge in [0.2, 0.25) is 0 Å². The Balaban J connectivity index is 0. The molecule has 0 bridgehead atoms. The van der Waals surface area contributed by atoms with Gasteiger partial charge in [0, 0.05) is 0 Å². The quantitative estimate of drug-likeness (QED) is 0.552. The summed E-state index contributed by atoms with van der Waals surface area (Å²) >= 11 is 8.54. The molecular weight excluding hydrogens is 311 g/mol. The van der Waals surface area contributed by atoms with Crippen molar-refractivity contribution in [2.24, 2.45) is 0 Å². The Labute approximate surface area is 101 Å². The van der Waals surface area contributed by atoms with Crippen LogP contribution in [-0.4, -0.2) is 31.2 Å². The van der Waals surface area contributed by atoms with Crippen LogP contribution in [0.5, 0.6) is 0 Å². The van der Waals surface area contributed by atoms with Crippen molar-refractivity contribution in [2.45, 2.75) is 35.6 Å². The predicted octanol–water partition coefficient (Wildman–Crippen LogP) is 0.709. The van der Waals surface area contributed by atoms with E-state index in [0.717, 1.165) is 0 Å². The first-order valence-electron chi connectivity index (χ1n) is 4.14. The molecule has 13 heavy (non-hydrogen) atoms. The molecule has 0 aliphatic carbocycles. The molecule has 5 heteroatoms. The smallest absolute Gasteiger partial charge is 0.0283 e. The van der Waals surface area contributed by atoms with Crippen molar-refractivity contribution in [1.29, 1.82) is 0 Å². The molecule has 0 saturated carbocycles. The first-order valence-corrected chi connectivity index (χ1v) is 9.00. The Morgan fingerprint density at radius 1 is 1.00 bits per heavy atom. The fraction of sp³-hybridized carbons (Fsp3) is 0.750. The average Bonchev–Trinajstić information content (AvgIpc) is 2.03. The molecule has 0 aliphatic rings. The van der Waals surface area contributed by atoms with Crippen molar-refractivity contribution >= 4 is 55.7 Å². The van der Waals surface area contributed by atoms with Crippen LogP contribution in [0, 0.1) is 0 Å². The first-order chi connectivity index (χ1) is 6.04.